The van der Waals surface area contributed by atoms with Crippen molar-refractivity contribution in [3.05, 3.63) is 96.3 Å². The molecule has 0 bridgehead atoms. The van der Waals surface area contributed by atoms with Crippen LogP contribution in [0.3, 0.4) is 0 Å². The zero-order valence-corrected chi connectivity index (χ0v) is 24.5. The van der Waals surface area contributed by atoms with E-state index >= 15 is 0 Å². The standard InChI is InChI=1S/2C18H21NO/c2*1-4-13-5-7-16-14(11-13)6-8-17(19-16)15-9-10-20-12-18(15,2)3/h2*4-8,11,15H,1,9-10,12H2,2-3H3/t15-;/m0./s1. The summed E-state index contributed by atoms with van der Waals surface area (Å²) in [5, 5.41) is 2.35. The molecule has 2 aromatic carbocycles. The number of ether oxygens (including phenoxy) is 2. The zero-order chi connectivity index (χ0) is 28.3. The lowest BCUT2D eigenvalue weighted by Gasteiger charge is -2.38. The monoisotopic (exact) mass is 534 g/mol. The van der Waals surface area contributed by atoms with Gasteiger partial charge in [0.25, 0.3) is 0 Å². The van der Waals surface area contributed by atoms with Crippen molar-refractivity contribution in [3.8, 4) is 0 Å². The fraction of sp³-hybridized carbons (Fsp3) is 0.389. The van der Waals surface area contributed by atoms with Gasteiger partial charge in [-0.05, 0) is 71.2 Å². The Kier molecular flexibility index (Phi) is 8.21. The summed E-state index contributed by atoms with van der Waals surface area (Å²) in [5.74, 6) is 0.944. The maximum atomic E-state index is 5.62. The normalized spacial score (nSPS) is 21.8. The van der Waals surface area contributed by atoms with Gasteiger partial charge < -0.3 is 9.47 Å². The number of hydrogen-bond acceptors (Lipinski definition) is 4. The number of hydrogen-bond donors (Lipinski definition) is 0. The van der Waals surface area contributed by atoms with E-state index in [1.54, 1.807) is 0 Å². The van der Waals surface area contributed by atoms with Gasteiger partial charge in [0.15, 0.2) is 0 Å². The number of fused-ring (bicyclic) bond motifs is 2. The largest absolute Gasteiger partial charge is 0.381 e. The van der Waals surface area contributed by atoms with Gasteiger partial charge in [0.2, 0.25) is 0 Å². The van der Waals surface area contributed by atoms with Crippen LogP contribution in [-0.4, -0.2) is 36.4 Å². The second-order valence-electron chi connectivity index (χ2n) is 12.5. The summed E-state index contributed by atoms with van der Waals surface area (Å²) in [6.45, 7) is 20.0. The topological polar surface area (TPSA) is 44.2 Å². The highest BCUT2D eigenvalue weighted by Crippen LogP contribution is 2.42. The molecule has 2 atom stereocenters. The Morgan fingerprint density at radius 2 is 1.07 bits per heavy atom. The van der Waals surface area contributed by atoms with E-state index in [1.165, 1.54) is 22.2 Å². The molecular weight excluding hydrogens is 492 g/mol. The Labute approximate surface area is 239 Å². The molecule has 2 aromatic heterocycles. The predicted molar refractivity (Wildman–Crippen MR) is 168 cm³/mol. The lowest BCUT2D eigenvalue weighted by atomic mass is 9.74. The summed E-state index contributed by atoms with van der Waals surface area (Å²) in [4.78, 5) is 9.76. The molecule has 0 N–H and O–H groups in total. The third kappa shape index (κ3) is 6.04. The molecule has 2 fully saturated rings. The van der Waals surface area contributed by atoms with E-state index in [2.05, 4.69) is 102 Å². The van der Waals surface area contributed by atoms with Crippen molar-refractivity contribution in [1.82, 2.24) is 9.97 Å². The minimum Gasteiger partial charge on any atom is -0.381 e. The van der Waals surface area contributed by atoms with Gasteiger partial charge in [-0.3, -0.25) is 9.97 Å². The zero-order valence-electron chi connectivity index (χ0n) is 24.5. The summed E-state index contributed by atoms with van der Waals surface area (Å²) < 4.78 is 11.2. The lowest BCUT2D eigenvalue weighted by molar-refractivity contribution is -0.00552. The second-order valence-corrected chi connectivity index (χ2v) is 12.5. The highest BCUT2D eigenvalue weighted by molar-refractivity contribution is 5.82. The molecule has 0 saturated carbocycles. The van der Waals surface area contributed by atoms with Crippen LogP contribution < -0.4 is 0 Å². The minimum absolute atomic E-state index is 0.153. The molecule has 4 heteroatoms. The molecule has 40 heavy (non-hydrogen) atoms. The summed E-state index contributed by atoms with van der Waals surface area (Å²) in [7, 11) is 0. The van der Waals surface area contributed by atoms with Crippen molar-refractivity contribution < 1.29 is 9.47 Å². The highest BCUT2D eigenvalue weighted by Gasteiger charge is 2.36. The minimum atomic E-state index is 0.153. The Hall–Kier alpha value is -3.34. The van der Waals surface area contributed by atoms with Gasteiger partial charge in [-0.2, -0.15) is 0 Å². The van der Waals surface area contributed by atoms with Gasteiger partial charge in [-0.1, -0.05) is 77.3 Å². The molecule has 0 amide bonds. The molecule has 4 aromatic rings. The molecule has 6 rings (SSSR count). The van der Waals surface area contributed by atoms with Crippen LogP contribution in [0.5, 0.6) is 0 Å². The summed E-state index contributed by atoms with van der Waals surface area (Å²) in [6.07, 6.45) is 5.84. The maximum absolute atomic E-state index is 5.62. The molecule has 2 aliphatic rings. The Morgan fingerprint density at radius 1 is 0.650 bits per heavy atom. The Morgan fingerprint density at radius 3 is 1.45 bits per heavy atom. The summed E-state index contributed by atoms with van der Waals surface area (Å²) >= 11 is 0. The first-order valence-corrected chi connectivity index (χ1v) is 14.4. The van der Waals surface area contributed by atoms with Crippen LogP contribution in [0.4, 0.5) is 0 Å². The molecule has 0 spiro atoms. The van der Waals surface area contributed by atoms with Crippen molar-refractivity contribution in [2.45, 2.75) is 52.4 Å². The third-order valence-corrected chi connectivity index (χ3v) is 8.59. The molecule has 2 saturated heterocycles. The lowest BCUT2D eigenvalue weighted by Crippen LogP contribution is -2.34. The predicted octanol–water partition coefficient (Wildman–Crippen LogP) is 8.82. The first-order chi connectivity index (χ1) is 19.2. The third-order valence-electron chi connectivity index (χ3n) is 8.59. The Bertz CT molecular complexity index is 1410. The second kappa shape index (κ2) is 11.6. The molecule has 2 aliphatic heterocycles. The van der Waals surface area contributed by atoms with E-state index in [0.717, 1.165) is 61.4 Å². The van der Waals surface area contributed by atoms with Crippen LogP contribution in [-0.2, 0) is 9.47 Å². The van der Waals surface area contributed by atoms with E-state index in [4.69, 9.17) is 19.4 Å². The smallest absolute Gasteiger partial charge is 0.0705 e. The van der Waals surface area contributed by atoms with Gasteiger partial charge in [0.1, 0.15) is 0 Å². The van der Waals surface area contributed by atoms with Crippen LogP contribution >= 0.6 is 0 Å². The fourth-order valence-corrected chi connectivity index (χ4v) is 6.11. The van der Waals surface area contributed by atoms with Gasteiger partial charge >= 0.3 is 0 Å². The SMILES string of the molecule is C=Cc1ccc2nc(C3CCOCC3(C)C)ccc2c1.C=Cc1ccc2nc([C@@H]3CCOCC3(C)C)ccc2c1. The van der Waals surface area contributed by atoms with Gasteiger partial charge in [-0.15, -0.1) is 0 Å². The van der Waals surface area contributed by atoms with Crippen molar-refractivity contribution in [2.24, 2.45) is 10.8 Å². The average molecular weight is 535 g/mol. The first kappa shape index (κ1) is 28.2. The van der Waals surface area contributed by atoms with Crippen LogP contribution in [0.25, 0.3) is 34.0 Å². The molecule has 0 radical (unpaired) electrons. The summed E-state index contributed by atoms with van der Waals surface area (Å²) in [6, 6.07) is 21.3. The van der Waals surface area contributed by atoms with Crippen LogP contribution in [0.1, 0.15) is 74.9 Å². The van der Waals surface area contributed by atoms with E-state index in [9.17, 15) is 0 Å². The average Bonchev–Trinajstić information content (AvgIpc) is 2.96. The number of rotatable bonds is 4. The highest BCUT2D eigenvalue weighted by atomic mass is 16.5. The fourth-order valence-electron chi connectivity index (χ4n) is 6.11. The van der Waals surface area contributed by atoms with Gasteiger partial charge in [0, 0.05) is 47.2 Å². The number of nitrogens with zero attached hydrogens (tertiary/aromatic N) is 2. The maximum Gasteiger partial charge on any atom is 0.0705 e. The van der Waals surface area contributed by atoms with Crippen molar-refractivity contribution in [3.63, 3.8) is 0 Å². The summed E-state index contributed by atoms with van der Waals surface area (Å²) in [5.41, 5.74) is 7.09. The quantitative estimate of drug-likeness (QED) is 0.262. The molecule has 208 valence electrons. The van der Waals surface area contributed by atoms with E-state index in [0.29, 0.717) is 11.8 Å². The van der Waals surface area contributed by atoms with Crippen LogP contribution in [0.2, 0.25) is 0 Å². The van der Waals surface area contributed by atoms with Crippen molar-refractivity contribution >= 4 is 34.0 Å². The van der Waals surface area contributed by atoms with E-state index in [-0.39, 0.29) is 10.8 Å². The van der Waals surface area contributed by atoms with E-state index in [1.807, 2.05) is 12.2 Å². The van der Waals surface area contributed by atoms with Gasteiger partial charge in [0.05, 0.1) is 24.2 Å². The number of pyridine rings is 2. The van der Waals surface area contributed by atoms with Crippen LogP contribution in [0, 0.1) is 10.8 Å². The molecule has 4 heterocycles. The van der Waals surface area contributed by atoms with Gasteiger partial charge in [-0.25, -0.2) is 0 Å². The molecule has 4 nitrogen and oxygen atoms in total. The number of aromatic nitrogens is 2. The molecular formula is C36H42N2O2. The number of benzene rings is 2. The van der Waals surface area contributed by atoms with Crippen molar-refractivity contribution in [1.29, 1.82) is 0 Å². The van der Waals surface area contributed by atoms with Crippen molar-refractivity contribution in [2.75, 3.05) is 26.4 Å². The molecule has 0 aliphatic carbocycles. The molecule has 1 unspecified atom stereocenters. The van der Waals surface area contributed by atoms with E-state index < -0.39 is 0 Å². The first-order valence-electron chi connectivity index (χ1n) is 14.4. The van der Waals surface area contributed by atoms with Crippen LogP contribution in [0.15, 0.2) is 73.8 Å². The Balaban J connectivity index is 0.000000161.